The molecule has 0 aromatic carbocycles. The van der Waals surface area contributed by atoms with Gasteiger partial charge >= 0.3 is 0 Å². The molecule has 0 unspecified atom stereocenters. The molecule has 3 heteroatoms. The molecule has 10 heavy (non-hydrogen) atoms. The summed E-state index contributed by atoms with van der Waals surface area (Å²) in [4.78, 5) is 3.98. The van der Waals surface area contributed by atoms with E-state index in [0.29, 0.717) is 5.84 Å². The van der Waals surface area contributed by atoms with E-state index in [4.69, 9.17) is 11.1 Å². The molecular weight excluding hydrogens is 126 g/mol. The van der Waals surface area contributed by atoms with Crippen LogP contribution in [-0.2, 0) is 0 Å². The number of nitrogens with one attached hydrogen (secondary N) is 1. The highest BCUT2D eigenvalue weighted by Gasteiger charge is 1.79. The van der Waals surface area contributed by atoms with E-state index in [2.05, 4.69) is 4.99 Å². The van der Waals surface area contributed by atoms with Crippen LogP contribution < -0.4 is 5.73 Å². The summed E-state index contributed by atoms with van der Waals surface area (Å²) in [5, 5.41) is 6.65. The van der Waals surface area contributed by atoms with Gasteiger partial charge in [0.25, 0.3) is 0 Å². The van der Waals surface area contributed by atoms with Gasteiger partial charge in [-0.25, -0.2) is 0 Å². The lowest BCUT2D eigenvalue weighted by molar-refractivity contribution is 0.931. The van der Waals surface area contributed by atoms with Crippen LogP contribution >= 0.6 is 0 Å². The van der Waals surface area contributed by atoms with E-state index in [0.717, 1.165) is 13.0 Å². The molecule has 3 N–H and O–H groups in total. The Kier molecular flexibility index (Phi) is 5.33. The summed E-state index contributed by atoms with van der Waals surface area (Å²) in [7, 11) is 0. The highest BCUT2D eigenvalue weighted by molar-refractivity contribution is 5.94. The Bertz CT molecular complexity index is 147. The zero-order valence-corrected chi connectivity index (χ0v) is 6.17. The average molecular weight is 139 g/mol. The topological polar surface area (TPSA) is 62.2 Å². The number of rotatable bonds is 4. The fourth-order valence-electron chi connectivity index (χ4n) is 0.440. The first-order chi connectivity index (χ1) is 4.81. The number of nitrogens with two attached hydrogens (primary N) is 1. The van der Waals surface area contributed by atoms with Crippen molar-refractivity contribution in [2.24, 2.45) is 10.7 Å². The van der Waals surface area contributed by atoms with Gasteiger partial charge in [-0.15, -0.1) is 0 Å². The van der Waals surface area contributed by atoms with Gasteiger partial charge < -0.3 is 11.1 Å². The highest BCUT2D eigenvalue weighted by atomic mass is 14.8. The molecule has 0 aromatic heterocycles. The molecule has 0 aliphatic carbocycles. The standard InChI is InChI=1S/C7H13N3/c1-2-6-10-7(9)4-3-5-8/h3-5,8H,2,6H2,1H3,(H2,9,10)/b4-3-,8-5?. The third-order valence-corrected chi connectivity index (χ3v) is 0.881. The normalized spacial score (nSPS) is 12.3. The van der Waals surface area contributed by atoms with Gasteiger partial charge in [0.1, 0.15) is 5.84 Å². The number of aliphatic imine (C=N–C) groups is 1. The molecule has 0 atom stereocenters. The van der Waals surface area contributed by atoms with Gasteiger partial charge in [-0.1, -0.05) is 6.92 Å². The monoisotopic (exact) mass is 139 g/mol. The molecule has 0 amide bonds. The second-order valence-corrected chi connectivity index (χ2v) is 1.83. The molecule has 0 saturated heterocycles. The van der Waals surface area contributed by atoms with Crippen LogP contribution in [-0.4, -0.2) is 18.6 Å². The summed E-state index contributed by atoms with van der Waals surface area (Å²) >= 11 is 0. The average Bonchev–Trinajstić information content (AvgIpc) is 1.97. The minimum atomic E-state index is 0.491. The predicted molar refractivity (Wildman–Crippen MR) is 44.7 cm³/mol. The lowest BCUT2D eigenvalue weighted by Gasteiger charge is -1.89. The fourth-order valence-corrected chi connectivity index (χ4v) is 0.440. The maximum atomic E-state index is 6.65. The Morgan fingerprint density at radius 3 is 2.90 bits per heavy atom. The number of hydrogen-bond donors (Lipinski definition) is 2. The maximum absolute atomic E-state index is 6.65. The molecule has 0 aromatic rings. The quantitative estimate of drug-likeness (QED) is 0.442. The number of allylic oxidation sites excluding steroid dienone is 1. The molecule has 3 nitrogen and oxygen atoms in total. The zero-order chi connectivity index (χ0) is 7.82. The third kappa shape index (κ3) is 5.03. The van der Waals surface area contributed by atoms with E-state index in [1.54, 1.807) is 12.2 Å². The van der Waals surface area contributed by atoms with Gasteiger partial charge in [0, 0.05) is 12.8 Å². The van der Waals surface area contributed by atoms with Crippen LogP contribution in [0.2, 0.25) is 0 Å². The van der Waals surface area contributed by atoms with E-state index < -0.39 is 0 Å². The second kappa shape index (κ2) is 6.01. The predicted octanol–water partition coefficient (Wildman–Crippen LogP) is 0.959. The van der Waals surface area contributed by atoms with Crippen molar-refractivity contribution in [3.05, 3.63) is 12.2 Å². The molecule has 56 valence electrons. The lowest BCUT2D eigenvalue weighted by atomic mass is 10.4. The Hall–Kier alpha value is -1.12. The van der Waals surface area contributed by atoms with Crippen LogP contribution in [0.1, 0.15) is 13.3 Å². The summed E-state index contributed by atoms with van der Waals surface area (Å²) in [6, 6.07) is 0. The number of amidine groups is 1. The van der Waals surface area contributed by atoms with Gasteiger partial charge in [-0.2, -0.15) is 0 Å². The van der Waals surface area contributed by atoms with Gasteiger partial charge in [-0.3, -0.25) is 4.99 Å². The lowest BCUT2D eigenvalue weighted by Crippen LogP contribution is -2.08. The van der Waals surface area contributed by atoms with Crippen LogP contribution in [0.3, 0.4) is 0 Å². The third-order valence-electron chi connectivity index (χ3n) is 0.881. The van der Waals surface area contributed by atoms with Crippen LogP contribution in [0.5, 0.6) is 0 Å². The molecule has 0 aliphatic rings. The summed E-state index contributed by atoms with van der Waals surface area (Å²) in [6.45, 7) is 2.80. The van der Waals surface area contributed by atoms with Gasteiger partial charge in [0.2, 0.25) is 0 Å². The zero-order valence-electron chi connectivity index (χ0n) is 6.17. The van der Waals surface area contributed by atoms with Crippen LogP contribution in [0.15, 0.2) is 17.1 Å². The summed E-state index contributed by atoms with van der Waals surface area (Å²) in [6.07, 6.45) is 5.34. The van der Waals surface area contributed by atoms with Crippen LogP contribution in [0.25, 0.3) is 0 Å². The van der Waals surface area contributed by atoms with Crippen molar-refractivity contribution >= 4 is 12.1 Å². The minimum Gasteiger partial charge on any atom is -0.384 e. The molecule has 0 fully saturated rings. The molecule has 0 spiro atoms. The van der Waals surface area contributed by atoms with Crippen LogP contribution in [0, 0.1) is 5.41 Å². The number of nitrogens with zero attached hydrogens (tertiary/aromatic N) is 1. The second-order valence-electron chi connectivity index (χ2n) is 1.83. The summed E-state index contributed by atoms with van der Waals surface area (Å²) in [5.74, 6) is 0.491. The molecular formula is C7H13N3. The van der Waals surface area contributed by atoms with Crippen LogP contribution in [0.4, 0.5) is 0 Å². The molecule has 0 bridgehead atoms. The highest BCUT2D eigenvalue weighted by Crippen LogP contribution is 1.78. The Balaban J connectivity index is 3.69. The van der Waals surface area contributed by atoms with Crippen molar-refractivity contribution in [2.75, 3.05) is 6.54 Å². The first kappa shape index (κ1) is 8.88. The first-order valence-electron chi connectivity index (χ1n) is 3.28. The van der Waals surface area contributed by atoms with Crippen molar-refractivity contribution in [1.29, 1.82) is 5.41 Å². The van der Waals surface area contributed by atoms with Crippen molar-refractivity contribution in [3.63, 3.8) is 0 Å². The minimum absolute atomic E-state index is 0.491. The van der Waals surface area contributed by atoms with Crippen molar-refractivity contribution in [3.8, 4) is 0 Å². The van der Waals surface area contributed by atoms with Gasteiger partial charge in [0.15, 0.2) is 0 Å². The van der Waals surface area contributed by atoms with Gasteiger partial charge in [-0.05, 0) is 18.6 Å². The summed E-state index contributed by atoms with van der Waals surface area (Å²) in [5.41, 5.74) is 5.41. The van der Waals surface area contributed by atoms with Crippen molar-refractivity contribution in [1.82, 2.24) is 0 Å². The van der Waals surface area contributed by atoms with Crippen molar-refractivity contribution < 1.29 is 0 Å². The largest absolute Gasteiger partial charge is 0.384 e. The van der Waals surface area contributed by atoms with E-state index in [9.17, 15) is 0 Å². The maximum Gasteiger partial charge on any atom is 0.118 e. The molecule has 0 radical (unpaired) electrons. The summed E-state index contributed by atoms with van der Waals surface area (Å²) < 4.78 is 0. The Labute approximate surface area is 61.2 Å². The molecule has 0 rings (SSSR count). The smallest absolute Gasteiger partial charge is 0.118 e. The van der Waals surface area contributed by atoms with Gasteiger partial charge in [0.05, 0.1) is 0 Å². The van der Waals surface area contributed by atoms with Crippen molar-refractivity contribution in [2.45, 2.75) is 13.3 Å². The first-order valence-corrected chi connectivity index (χ1v) is 3.28. The molecule has 0 aliphatic heterocycles. The molecule has 0 saturated carbocycles. The van der Waals surface area contributed by atoms with E-state index >= 15 is 0 Å². The van der Waals surface area contributed by atoms with E-state index in [-0.39, 0.29) is 0 Å². The Morgan fingerprint density at radius 2 is 2.40 bits per heavy atom. The van der Waals surface area contributed by atoms with E-state index in [1.807, 2.05) is 6.92 Å². The number of hydrogen-bond acceptors (Lipinski definition) is 2. The molecule has 0 heterocycles. The Morgan fingerprint density at radius 1 is 1.70 bits per heavy atom. The van der Waals surface area contributed by atoms with E-state index in [1.165, 1.54) is 6.21 Å². The fraction of sp³-hybridized carbons (Fsp3) is 0.429. The SMILES string of the molecule is CCCN=C(N)/C=C\C=N.